The monoisotopic (exact) mass is 477 g/mol. The Hall–Kier alpha value is -2.73. The number of carbonyl (C=O) groups excluding carboxylic acids is 1. The molecule has 2 aromatic rings. The van der Waals surface area contributed by atoms with E-state index in [9.17, 15) is 4.79 Å². The largest absolute Gasteiger partial charge is 0.489 e. The Bertz CT molecular complexity index is 997. The topological polar surface area (TPSA) is 45.2 Å². The van der Waals surface area contributed by atoms with Crippen LogP contribution in [0.3, 0.4) is 0 Å². The summed E-state index contributed by atoms with van der Waals surface area (Å²) in [5, 5.41) is 0. The third kappa shape index (κ3) is 5.92. The molecule has 3 heterocycles. The van der Waals surface area contributed by atoms with Gasteiger partial charge < -0.3 is 24.2 Å². The van der Waals surface area contributed by atoms with E-state index < -0.39 is 5.60 Å². The van der Waals surface area contributed by atoms with Crippen molar-refractivity contribution in [2.24, 2.45) is 11.3 Å². The van der Waals surface area contributed by atoms with E-state index in [0.717, 1.165) is 51.3 Å². The molecule has 5 rings (SSSR count). The first-order valence-corrected chi connectivity index (χ1v) is 13.0. The molecule has 1 spiro atoms. The third-order valence-electron chi connectivity index (χ3n) is 7.38. The van der Waals surface area contributed by atoms with Crippen molar-refractivity contribution < 1.29 is 14.3 Å². The number of amides is 1. The molecule has 6 nitrogen and oxygen atoms in total. The van der Waals surface area contributed by atoms with E-state index in [2.05, 4.69) is 40.1 Å². The van der Waals surface area contributed by atoms with Gasteiger partial charge in [0.05, 0.1) is 0 Å². The van der Waals surface area contributed by atoms with E-state index in [0.29, 0.717) is 17.9 Å². The fourth-order valence-corrected chi connectivity index (χ4v) is 5.68. The summed E-state index contributed by atoms with van der Waals surface area (Å²) >= 11 is 0. The molecular formula is C29H39N3O3. The van der Waals surface area contributed by atoms with Gasteiger partial charge in [0.1, 0.15) is 18.0 Å². The van der Waals surface area contributed by atoms with Crippen LogP contribution in [0.4, 0.5) is 10.5 Å². The summed E-state index contributed by atoms with van der Waals surface area (Å²) in [6.45, 7) is 13.8. The van der Waals surface area contributed by atoms with Crippen LogP contribution in [0.2, 0.25) is 0 Å². The summed E-state index contributed by atoms with van der Waals surface area (Å²) in [5.41, 5.74) is 2.48. The summed E-state index contributed by atoms with van der Waals surface area (Å²) in [6, 6.07) is 18.8. The number of carbonyl (C=O) groups is 1. The molecule has 0 unspecified atom stereocenters. The lowest BCUT2D eigenvalue weighted by Crippen LogP contribution is -2.72. The van der Waals surface area contributed by atoms with Crippen LogP contribution < -0.4 is 9.64 Å². The van der Waals surface area contributed by atoms with Crippen LogP contribution in [0.25, 0.3) is 0 Å². The molecule has 3 aliphatic heterocycles. The summed E-state index contributed by atoms with van der Waals surface area (Å²) in [4.78, 5) is 19.3. The average Bonchev–Trinajstić information content (AvgIpc) is 2.78. The van der Waals surface area contributed by atoms with Gasteiger partial charge >= 0.3 is 6.09 Å². The number of hydrogen-bond acceptors (Lipinski definition) is 5. The summed E-state index contributed by atoms with van der Waals surface area (Å²) in [5.74, 6) is 1.61. The molecule has 0 radical (unpaired) electrons. The van der Waals surface area contributed by atoms with Crippen LogP contribution in [0.5, 0.6) is 5.75 Å². The average molecular weight is 478 g/mol. The second-order valence-corrected chi connectivity index (χ2v) is 11.7. The predicted molar refractivity (Wildman–Crippen MR) is 139 cm³/mol. The van der Waals surface area contributed by atoms with Crippen molar-refractivity contribution in [1.82, 2.24) is 9.80 Å². The zero-order valence-electron chi connectivity index (χ0n) is 21.4. The van der Waals surface area contributed by atoms with Gasteiger partial charge in [0.25, 0.3) is 0 Å². The Morgan fingerprint density at radius 3 is 2.37 bits per heavy atom. The third-order valence-corrected chi connectivity index (χ3v) is 7.38. The van der Waals surface area contributed by atoms with Crippen LogP contribution in [0.15, 0.2) is 54.6 Å². The van der Waals surface area contributed by atoms with Crippen molar-refractivity contribution in [2.75, 3.05) is 50.7 Å². The van der Waals surface area contributed by atoms with Gasteiger partial charge in [-0.1, -0.05) is 36.4 Å². The summed E-state index contributed by atoms with van der Waals surface area (Å²) in [7, 11) is 0. The highest BCUT2D eigenvalue weighted by Crippen LogP contribution is 2.43. The number of benzene rings is 2. The number of hydrogen-bond donors (Lipinski definition) is 0. The molecule has 188 valence electrons. The van der Waals surface area contributed by atoms with Crippen LogP contribution in [0, 0.1) is 11.3 Å². The van der Waals surface area contributed by atoms with Gasteiger partial charge in [-0.05, 0) is 57.2 Å². The Kier molecular flexibility index (Phi) is 6.67. The minimum absolute atomic E-state index is 0.164. The minimum atomic E-state index is -0.424. The second kappa shape index (κ2) is 9.73. The molecule has 0 aromatic heterocycles. The molecule has 0 aliphatic carbocycles. The van der Waals surface area contributed by atoms with Crippen LogP contribution in [-0.2, 0) is 11.3 Å². The van der Waals surface area contributed by atoms with Crippen molar-refractivity contribution in [3.05, 3.63) is 60.2 Å². The highest BCUT2D eigenvalue weighted by molar-refractivity contribution is 5.68. The Balaban J connectivity index is 1.02. The van der Waals surface area contributed by atoms with E-state index in [1.165, 1.54) is 24.3 Å². The lowest BCUT2D eigenvalue weighted by molar-refractivity contribution is -0.0368. The van der Waals surface area contributed by atoms with E-state index in [1.807, 2.05) is 49.9 Å². The normalized spacial score (nSPS) is 20.3. The summed E-state index contributed by atoms with van der Waals surface area (Å²) in [6.07, 6.45) is 1.98. The zero-order chi connectivity index (χ0) is 24.5. The molecule has 0 N–H and O–H groups in total. The van der Waals surface area contributed by atoms with E-state index in [4.69, 9.17) is 9.47 Å². The molecule has 6 heteroatoms. The Labute approximate surface area is 209 Å². The number of anilines is 1. The molecule has 0 atom stereocenters. The maximum atomic E-state index is 12.3. The van der Waals surface area contributed by atoms with Crippen molar-refractivity contribution in [1.29, 1.82) is 0 Å². The number of ether oxygens (including phenoxy) is 2. The molecule has 3 aliphatic rings. The van der Waals surface area contributed by atoms with E-state index in [1.54, 1.807) is 0 Å². The first-order valence-electron chi connectivity index (χ1n) is 13.0. The number of nitrogens with zero attached hydrogens (tertiary/aromatic N) is 3. The van der Waals surface area contributed by atoms with Gasteiger partial charge in [-0.25, -0.2) is 4.79 Å². The molecule has 0 saturated carbocycles. The van der Waals surface area contributed by atoms with Gasteiger partial charge in [0.2, 0.25) is 0 Å². The first-order chi connectivity index (χ1) is 16.8. The summed E-state index contributed by atoms with van der Waals surface area (Å²) < 4.78 is 11.6. The van der Waals surface area contributed by atoms with E-state index >= 15 is 0 Å². The van der Waals surface area contributed by atoms with Crippen LogP contribution in [-0.4, -0.2) is 67.3 Å². The lowest BCUT2D eigenvalue weighted by Gasteiger charge is -2.61. The molecule has 0 bridgehead atoms. The van der Waals surface area contributed by atoms with Gasteiger partial charge in [-0.2, -0.15) is 0 Å². The number of piperidine rings is 1. The van der Waals surface area contributed by atoms with Crippen LogP contribution in [0.1, 0.15) is 39.2 Å². The van der Waals surface area contributed by atoms with Crippen molar-refractivity contribution in [3.63, 3.8) is 0 Å². The van der Waals surface area contributed by atoms with Gasteiger partial charge in [-0.15, -0.1) is 0 Å². The van der Waals surface area contributed by atoms with Gasteiger partial charge in [0.15, 0.2) is 0 Å². The number of rotatable bonds is 6. The minimum Gasteiger partial charge on any atom is -0.489 e. The first kappa shape index (κ1) is 24.0. The van der Waals surface area contributed by atoms with Crippen molar-refractivity contribution in [3.8, 4) is 5.75 Å². The highest BCUT2D eigenvalue weighted by atomic mass is 16.6. The maximum absolute atomic E-state index is 12.3. The molecular weight excluding hydrogens is 438 g/mol. The molecule has 35 heavy (non-hydrogen) atoms. The second-order valence-electron chi connectivity index (χ2n) is 11.7. The van der Waals surface area contributed by atoms with Crippen LogP contribution >= 0.6 is 0 Å². The molecule has 2 aromatic carbocycles. The fourth-order valence-electron chi connectivity index (χ4n) is 5.68. The van der Waals surface area contributed by atoms with Crippen molar-refractivity contribution >= 4 is 11.8 Å². The van der Waals surface area contributed by atoms with E-state index in [-0.39, 0.29) is 6.09 Å². The zero-order valence-corrected chi connectivity index (χ0v) is 21.4. The molecule has 1 amide bonds. The molecule has 3 fully saturated rings. The predicted octanol–water partition coefficient (Wildman–Crippen LogP) is 5.03. The van der Waals surface area contributed by atoms with Gasteiger partial charge in [0, 0.05) is 63.0 Å². The lowest BCUT2D eigenvalue weighted by atomic mass is 9.72. The standard InChI is InChI=1S/C29H39N3O3/c1-28(2,3)35-27(33)31-14-12-23(13-15-31)17-30-19-29(20-30)21-32(22-29)25-10-7-11-26(16-25)34-18-24-8-5-4-6-9-24/h4-11,16,23H,12-15,17-22H2,1-3H3. The smallest absolute Gasteiger partial charge is 0.410 e. The maximum Gasteiger partial charge on any atom is 0.410 e. The number of likely N-dealkylation sites (tertiary alicyclic amines) is 2. The Morgan fingerprint density at radius 2 is 1.69 bits per heavy atom. The SMILES string of the molecule is CC(C)(C)OC(=O)N1CCC(CN2CC3(C2)CN(c2cccc(OCc4ccccc4)c2)C3)CC1. The van der Waals surface area contributed by atoms with Crippen molar-refractivity contribution in [2.45, 2.75) is 45.8 Å². The highest BCUT2D eigenvalue weighted by Gasteiger charge is 2.51. The van der Waals surface area contributed by atoms with Gasteiger partial charge in [-0.3, -0.25) is 0 Å². The fraction of sp³-hybridized carbons (Fsp3) is 0.552. The quantitative estimate of drug-likeness (QED) is 0.584. The Morgan fingerprint density at radius 1 is 0.971 bits per heavy atom. The molecule has 3 saturated heterocycles.